The SMILES string of the molecule is COCC(O)CCNc1cc(F)c(I)cc1N. The molecule has 1 unspecified atom stereocenters. The highest BCUT2D eigenvalue weighted by Crippen LogP contribution is 2.23. The standard InChI is InChI=1S/C11H16FIN2O2/c1-17-6-7(16)2-3-15-11-4-8(12)9(13)5-10(11)14/h4-5,7,15-16H,2-3,6,14H2,1H3. The van der Waals surface area contributed by atoms with E-state index in [1.54, 1.807) is 6.07 Å². The number of aliphatic hydroxyl groups excluding tert-OH is 1. The lowest BCUT2D eigenvalue weighted by atomic mass is 10.2. The first kappa shape index (κ1) is 14.5. The lowest BCUT2D eigenvalue weighted by Gasteiger charge is -2.13. The Morgan fingerprint density at radius 2 is 2.29 bits per heavy atom. The van der Waals surface area contributed by atoms with Crippen molar-refractivity contribution in [1.29, 1.82) is 0 Å². The van der Waals surface area contributed by atoms with Gasteiger partial charge in [0, 0.05) is 19.7 Å². The highest BCUT2D eigenvalue weighted by atomic mass is 127. The van der Waals surface area contributed by atoms with Gasteiger partial charge in [-0.1, -0.05) is 0 Å². The normalized spacial score (nSPS) is 12.5. The second-order valence-electron chi connectivity index (χ2n) is 3.68. The molecule has 1 aromatic rings. The maximum atomic E-state index is 13.3. The molecular formula is C11H16FIN2O2. The number of nitrogens with two attached hydrogens (primary N) is 1. The molecule has 0 aliphatic heterocycles. The zero-order valence-electron chi connectivity index (χ0n) is 9.54. The van der Waals surface area contributed by atoms with Crippen LogP contribution in [0, 0.1) is 9.39 Å². The van der Waals surface area contributed by atoms with Gasteiger partial charge < -0.3 is 20.9 Å². The number of rotatable bonds is 6. The van der Waals surface area contributed by atoms with E-state index in [1.165, 1.54) is 13.2 Å². The molecule has 0 aliphatic carbocycles. The molecule has 1 rings (SSSR count). The molecular weight excluding hydrogens is 338 g/mol. The number of benzene rings is 1. The minimum absolute atomic E-state index is 0.290. The van der Waals surface area contributed by atoms with Crippen LogP contribution in [0.5, 0.6) is 0 Å². The van der Waals surface area contributed by atoms with Crippen LogP contribution in [0.15, 0.2) is 12.1 Å². The van der Waals surface area contributed by atoms with E-state index < -0.39 is 6.10 Å². The Balaban J connectivity index is 2.49. The summed E-state index contributed by atoms with van der Waals surface area (Å²) in [4.78, 5) is 0. The van der Waals surface area contributed by atoms with Crippen molar-refractivity contribution in [2.24, 2.45) is 0 Å². The molecule has 0 radical (unpaired) electrons. The first-order chi connectivity index (χ1) is 8.04. The molecule has 4 N–H and O–H groups in total. The maximum absolute atomic E-state index is 13.3. The smallest absolute Gasteiger partial charge is 0.138 e. The van der Waals surface area contributed by atoms with Crippen LogP contribution in [0.25, 0.3) is 0 Å². The van der Waals surface area contributed by atoms with Crippen molar-refractivity contribution in [3.63, 3.8) is 0 Å². The summed E-state index contributed by atoms with van der Waals surface area (Å²) in [7, 11) is 1.53. The zero-order chi connectivity index (χ0) is 12.8. The first-order valence-corrected chi connectivity index (χ1v) is 6.28. The predicted molar refractivity (Wildman–Crippen MR) is 74.5 cm³/mol. The molecule has 0 fully saturated rings. The molecule has 0 saturated carbocycles. The summed E-state index contributed by atoms with van der Waals surface area (Å²) >= 11 is 1.89. The number of methoxy groups -OCH3 is 1. The number of hydrogen-bond acceptors (Lipinski definition) is 4. The van der Waals surface area contributed by atoms with Gasteiger partial charge in [-0.15, -0.1) is 0 Å². The Morgan fingerprint density at radius 1 is 1.59 bits per heavy atom. The number of anilines is 2. The van der Waals surface area contributed by atoms with Gasteiger partial charge in [0.15, 0.2) is 0 Å². The molecule has 0 bridgehead atoms. The molecule has 96 valence electrons. The zero-order valence-corrected chi connectivity index (χ0v) is 11.7. The van der Waals surface area contributed by atoms with Gasteiger partial charge in [0.05, 0.1) is 27.7 Å². The molecule has 0 saturated heterocycles. The summed E-state index contributed by atoms with van der Waals surface area (Å²) in [5.41, 5.74) is 6.79. The van der Waals surface area contributed by atoms with Crippen LogP contribution in [-0.4, -0.2) is 31.5 Å². The number of hydrogen-bond donors (Lipinski definition) is 3. The number of halogens is 2. The van der Waals surface area contributed by atoms with E-state index in [2.05, 4.69) is 5.32 Å². The molecule has 1 atom stereocenters. The first-order valence-electron chi connectivity index (χ1n) is 5.20. The van der Waals surface area contributed by atoms with Crippen molar-refractivity contribution >= 4 is 34.0 Å². The summed E-state index contributed by atoms with van der Waals surface area (Å²) in [6.07, 6.45) is -0.0108. The van der Waals surface area contributed by atoms with Gasteiger partial charge in [0.25, 0.3) is 0 Å². The summed E-state index contributed by atoms with van der Waals surface area (Å²) in [6, 6.07) is 2.93. The molecule has 0 spiro atoms. The third-order valence-electron chi connectivity index (χ3n) is 2.24. The van der Waals surface area contributed by atoms with Crippen LogP contribution in [0.1, 0.15) is 6.42 Å². The van der Waals surface area contributed by atoms with Crippen LogP contribution < -0.4 is 11.1 Å². The van der Waals surface area contributed by atoms with Crippen LogP contribution in [0.4, 0.5) is 15.8 Å². The van der Waals surface area contributed by atoms with Crippen molar-refractivity contribution in [1.82, 2.24) is 0 Å². The van der Waals surface area contributed by atoms with E-state index in [9.17, 15) is 9.50 Å². The molecule has 4 nitrogen and oxygen atoms in total. The summed E-state index contributed by atoms with van der Waals surface area (Å²) in [5.74, 6) is -0.306. The lowest BCUT2D eigenvalue weighted by molar-refractivity contribution is 0.0615. The van der Waals surface area contributed by atoms with Crippen molar-refractivity contribution in [3.8, 4) is 0 Å². The van der Waals surface area contributed by atoms with Crippen molar-refractivity contribution in [2.45, 2.75) is 12.5 Å². The lowest BCUT2D eigenvalue weighted by Crippen LogP contribution is -2.18. The van der Waals surface area contributed by atoms with E-state index >= 15 is 0 Å². The van der Waals surface area contributed by atoms with Gasteiger partial charge in [0.2, 0.25) is 0 Å². The average molecular weight is 354 g/mol. The van der Waals surface area contributed by atoms with Crippen LogP contribution >= 0.6 is 22.6 Å². The second kappa shape index (κ2) is 6.97. The second-order valence-corrected chi connectivity index (χ2v) is 4.84. The third kappa shape index (κ3) is 4.64. The third-order valence-corrected chi connectivity index (χ3v) is 3.07. The molecule has 0 aliphatic rings. The molecule has 1 aromatic carbocycles. The fourth-order valence-electron chi connectivity index (χ4n) is 1.36. The van der Waals surface area contributed by atoms with Crippen molar-refractivity contribution in [2.75, 3.05) is 31.3 Å². The molecule has 0 heterocycles. The van der Waals surface area contributed by atoms with Gasteiger partial charge >= 0.3 is 0 Å². The Hall–Kier alpha value is -0.600. The summed E-state index contributed by atoms with van der Waals surface area (Å²) in [5, 5.41) is 12.4. The Kier molecular flexibility index (Phi) is 5.93. The largest absolute Gasteiger partial charge is 0.397 e. The van der Waals surface area contributed by atoms with Gasteiger partial charge in [-0.2, -0.15) is 0 Å². The molecule has 17 heavy (non-hydrogen) atoms. The average Bonchev–Trinajstić information content (AvgIpc) is 2.26. The van der Waals surface area contributed by atoms with Gasteiger partial charge in [0.1, 0.15) is 5.82 Å². The van der Waals surface area contributed by atoms with E-state index in [1.807, 2.05) is 22.6 Å². The monoisotopic (exact) mass is 354 g/mol. The number of nitrogen functional groups attached to an aromatic ring is 1. The van der Waals surface area contributed by atoms with Crippen molar-refractivity contribution in [3.05, 3.63) is 21.5 Å². The van der Waals surface area contributed by atoms with E-state index in [-0.39, 0.29) is 12.4 Å². The van der Waals surface area contributed by atoms with E-state index in [0.717, 1.165) is 0 Å². The fourth-order valence-corrected chi connectivity index (χ4v) is 1.86. The summed E-state index contributed by atoms with van der Waals surface area (Å²) in [6.45, 7) is 0.799. The van der Waals surface area contributed by atoms with Gasteiger partial charge in [-0.05, 0) is 35.1 Å². The minimum Gasteiger partial charge on any atom is -0.397 e. The predicted octanol–water partition coefficient (Wildman–Crippen LogP) is 1.82. The summed E-state index contributed by atoms with van der Waals surface area (Å²) < 4.78 is 18.6. The highest BCUT2D eigenvalue weighted by molar-refractivity contribution is 14.1. The highest BCUT2D eigenvalue weighted by Gasteiger charge is 2.07. The number of aliphatic hydroxyl groups is 1. The van der Waals surface area contributed by atoms with Crippen LogP contribution in [0.2, 0.25) is 0 Å². The van der Waals surface area contributed by atoms with Gasteiger partial charge in [-0.25, -0.2) is 4.39 Å². The minimum atomic E-state index is -0.526. The number of ether oxygens (including phenoxy) is 1. The topological polar surface area (TPSA) is 67.5 Å². The van der Waals surface area contributed by atoms with Crippen LogP contribution in [0.3, 0.4) is 0 Å². The van der Waals surface area contributed by atoms with Crippen molar-refractivity contribution < 1.29 is 14.2 Å². The maximum Gasteiger partial charge on any atom is 0.138 e. The quantitative estimate of drug-likeness (QED) is 0.539. The van der Waals surface area contributed by atoms with E-state index in [0.29, 0.717) is 27.9 Å². The molecule has 6 heteroatoms. The van der Waals surface area contributed by atoms with E-state index in [4.69, 9.17) is 10.5 Å². The number of nitrogens with one attached hydrogen (secondary N) is 1. The molecule has 0 amide bonds. The Labute approximate surface area is 113 Å². The van der Waals surface area contributed by atoms with Gasteiger partial charge in [-0.3, -0.25) is 0 Å². The van der Waals surface area contributed by atoms with Crippen LogP contribution in [-0.2, 0) is 4.74 Å². The Bertz CT molecular complexity index is 377. The fraction of sp³-hybridized carbons (Fsp3) is 0.455. The molecule has 0 aromatic heterocycles. The Morgan fingerprint density at radius 3 is 2.94 bits per heavy atom.